The molecule has 2 saturated carbocycles. The van der Waals surface area contributed by atoms with Gasteiger partial charge in [-0.3, -0.25) is 4.68 Å². The van der Waals surface area contributed by atoms with Crippen LogP contribution in [0.4, 0.5) is 0 Å². The molecular weight excluding hydrogens is 234 g/mol. The number of hydrogen-bond acceptors (Lipinski definition) is 2. The Balaban J connectivity index is 1.50. The first kappa shape index (κ1) is 13.2. The highest BCUT2D eigenvalue weighted by atomic mass is 15.3. The molecule has 3 nitrogen and oxygen atoms in total. The molecule has 0 bridgehead atoms. The van der Waals surface area contributed by atoms with Crippen LogP contribution in [0.2, 0.25) is 0 Å². The van der Waals surface area contributed by atoms with Crippen LogP contribution in [-0.2, 0) is 6.54 Å². The van der Waals surface area contributed by atoms with Crippen LogP contribution in [-0.4, -0.2) is 15.8 Å². The predicted molar refractivity (Wildman–Crippen MR) is 78.0 cm³/mol. The van der Waals surface area contributed by atoms with E-state index in [2.05, 4.69) is 36.1 Å². The van der Waals surface area contributed by atoms with Crippen molar-refractivity contribution in [3.05, 3.63) is 18.0 Å². The lowest BCUT2D eigenvalue weighted by atomic mass is 9.92. The normalized spacial score (nSPS) is 27.2. The Morgan fingerprint density at radius 1 is 1.32 bits per heavy atom. The molecule has 0 aromatic carbocycles. The maximum Gasteiger partial charge on any atom is 0.0762 e. The van der Waals surface area contributed by atoms with Gasteiger partial charge in [-0.2, -0.15) is 5.10 Å². The summed E-state index contributed by atoms with van der Waals surface area (Å²) in [4.78, 5) is 0. The van der Waals surface area contributed by atoms with E-state index in [4.69, 9.17) is 5.10 Å². The third-order valence-corrected chi connectivity index (χ3v) is 4.90. The van der Waals surface area contributed by atoms with Gasteiger partial charge in [0.15, 0.2) is 0 Å². The van der Waals surface area contributed by atoms with E-state index < -0.39 is 0 Å². The molecule has 0 saturated heterocycles. The molecule has 3 heteroatoms. The predicted octanol–water partition coefficient (Wildman–Crippen LogP) is 3.67. The lowest BCUT2D eigenvalue weighted by Gasteiger charge is -2.17. The average Bonchev–Trinajstić information content (AvgIpc) is 3.04. The Morgan fingerprint density at radius 2 is 2.11 bits per heavy atom. The van der Waals surface area contributed by atoms with Crippen molar-refractivity contribution in [2.45, 2.75) is 77.4 Å². The van der Waals surface area contributed by atoms with Crippen molar-refractivity contribution in [2.24, 2.45) is 5.41 Å². The Kier molecular flexibility index (Phi) is 3.66. The topological polar surface area (TPSA) is 29.9 Å². The van der Waals surface area contributed by atoms with E-state index in [0.29, 0.717) is 17.5 Å². The molecule has 1 heterocycles. The minimum atomic E-state index is 0.529. The molecule has 1 aromatic heterocycles. The molecule has 1 unspecified atom stereocenters. The van der Waals surface area contributed by atoms with Crippen LogP contribution in [0.1, 0.15) is 70.5 Å². The van der Waals surface area contributed by atoms with Crippen LogP contribution < -0.4 is 5.32 Å². The fourth-order valence-corrected chi connectivity index (χ4v) is 3.70. The number of aromatic nitrogens is 2. The van der Waals surface area contributed by atoms with Gasteiger partial charge in [0, 0.05) is 18.8 Å². The maximum atomic E-state index is 4.74. The van der Waals surface area contributed by atoms with Crippen LogP contribution in [0.25, 0.3) is 0 Å². The lowest BCUT2D eigenvalue weighted by Crippen LogP contribution is -2.27. The summed E-state index contributed by atoms with van der Waals surface area (Å²) in [6.45, 7) is 5.69. The Bertz CT molecular complexity index is 415. The van der Waals surface area contributed by atoms with Crippen LogP contribution >= 0.6 is 0 Å². The SMILES string of the molecule is CC1(C)CCC(NCc2ccn(C3CCCC3)n2)C1. The van der Waals surface area contributed by atoms with Gasteiger partial charge in [0.25, 0.3) is 0 Å². The fourth-order valence-electron chi connectivity index (χ4n) is 3.70. The molecule has 3 rings (SSSR count). The first-order chi connectivity index (χ1) is 9.12. The molecule has 2 fully saturated rings. The van der Waals surface area contributed by atoms with Crippen molar-refractivity contribution < 1.29 is 0 Å². The van der Waals surface area contributed by atoms with Crippen LogP contribution in [0.5, 0.6) is 0 Å². The quantitative estimate of drug-likeness (QED) is 0.896. The summed E-state index contributed by atoms with van der Waals surface area (Å²) in [5, 5.41) is 8.43. The van der Waals surface area contributed by atoms with Gasteiger partial charge in [0.1, 0.15) is 0 Å². The van der Waals surface area contributed by atoms with Gasteiger partial charge >= 0.3 is 0 Å². The van der Waals surface area contributed by atoms with E-state index in [1.807, 2.05) is 0 Å². The molecule has 1 atom stereocenters. The van der Waals surface area contributed by atoms with Crippen LogP contribution in [0, 0.1) is 5.41 Å². The minimum Gasteiger partial charge on any atom is -0.308 e. The largest absolute Gasteiger partial charge is 0.308 e. The molecule has 2 aliphatic carbocycles. The van der Waals surface area contributed by atoms with Gasteiger partial charge in [0.05, 0.1) is 11.7 Å². The highest BCUT2D eigenvalue weighted by Crippen LogP contribution is 2.37. The van der Waals surface area contributed by atoms with Crippen LogP contribution in [0.15, 0.2) is 12.3 Å². The van der Waals surface area contributed by atoms with E-state index >= 15 is 0 Å². The molecule has 2 aliphatic rings. The molecule has 106 valence electrons. The number of hydrogen-bond donors (Lipinski definition) is 1. The van der Waals surface area contributed by atoms with Gasteiger partial charge in [-0.1, -0.05) is 26.7 Å². The van der Waals surface area contributed by atoms with Crippen molar-refractivity contribution in [2.75, 3.05) is 0 Å². The van der Waals surface area contributed by atoms with Crippen molar-refractivity contribution in [3.8, 4) is 0 Å². The number of nitrogens with one attached hydrogen (secondary N) is 1. The number of rotatable bonds is 4. The Hall–Kier alpha value is -0.830. The second-order valence-electron chi connectivity index (χ2n) is 7.21. The van der Waals surface area contributed by atoms with Gasteiger partial charge < -0.3 is 5.32 Å². The second-order valence-corrected chi connectivity index (χ2v) is 7.21. The highest BCUT2D eigenvalue weighted by molar-refractivity contribution is 5.01. The fraction of sp³-hybridized carbons (Fsp3) is 0.812. The second kappa shape index (κ2) is 5.28. The molecule has 1 aromatic rings. The third-order valence-electron chi connectivity index (χ3n) is 4.90. The van der Waals surface area contributed by atoms with Crippen LogP contribution in [0.3, 0.4) is 0 Å². The monoisotopic (exact) mass is 261 g/mol. The zero-order valence-electron chi connectivity index (χ0n) is 12.4. The van der Waals surface area contributed by atoms with E-state index in [1.165, 1.54) is 50.6 Å². The smallest absolute Gasteiger partial charge is 0.0762 e. The van der Waals surface area contributed by atoms with Crippen molar-refractivity contribution in [3.63, 3.8) is 0 Å². The summed E-state index contributed by atoms with van der Waals surface area (Å²) in [5.74, 6) is 0. The molecule has 19 heavy (non-hydrogen) atoms. The maximum absolute atomic E-state index is 4.74. The average molecular weight is 261 g/mol. The highest BCUT2D eigenvalue weighted by Gasteiger charge is 2.30. The summed E-state index contributed by atoms with van der Waals surface area (Å²) in [6.07, 6.45) is 11.5. The van der Waals surface area contributed by atoms with Gasteiger partial charge in [-0.05, 0) is 43.6 Å². The van der Waals surface area contributed by atoms with E-state index in [0.717, 1.165) is 6.54 Å². The standard InChI is InChI=1S/C16H27N3/c1-16(2)9-7-13(11-16)17-12-14-8-10-19(18-14)15-5-3-4-6-15/h8,10,13,15,17H,3-7,9,11-12H2,1-2H3. The van der Waals surface area contributed by atoms with Gasteiger partial charge in [-0.25, -0.2) is 0 Å². The molecule has 0 radical (unpaired) electrons. The molecule has 1 N–H and O–H groups in total. The van der Waals surface area contributed by atoms with Gasteiger partial charge in [-0.15, -0.1) is 0 Å². The zero-order chi connectivity index (χ0) is 13.3. The van der Waals surface area contributed by atoms with Crippen molar-refractivity contribution in [1.82, 2.24) is 15.1 Å². The number of nitrogens with zero attached hydrogens (tertiary/aromatic N) is 2. The summed E-state index contributed by atoms with van der Waals surface area (Å²) in [6, 6.07) is 3.54. The zero-order valence-corrected chi connectivity index (χ0v) is 12.4. The molecule has 0 spiro atoms. The summed E-state index contributed by atoms with van der Waals surface area (Å²) in [7, 11) is 0. The van der Waals surface area contributed by atoms with E-state index in [1.54, 1.807) is 0 Å². The van der Waals surface area contributed by atoms with E-state index in [9.17, 15) is 0 Å². The van der Waals surface area contributed by atoms with Gasteiger partial charge in [0.2, 0.25) is 0 Å². The third kappa shape index (κ3) is 3.19. The summed E-state index contributed by atoms with van der Waals surface area (Å²) in [5.41, 5.74) is 1.73. The molecule has 0 aliphatic heterocycles. The van der Waals surface area contributed by atoms with E-state index in [-0.39, 0.29) is 0 Å². The Labute approximate surface area is 116 Å². The minimum absolute atomic E-state index is 0.529. The Morgan fingerprint density at radius 3 is 2.79 bits per heavy atom. The lowest BCUT2D eigenvalue weighted by molar-refractivity contribution is 0.363. The summed E-state index contributed by atoms with van der Waals surface area (Å²) >= 11 is 0. The van der Waals surface area contributed by atoms with Crippen molar-refractivity contribution >= 4 is 0 Å². The first-order valence-electron chi connectivity index (χ1n) is 7.90. The molecule has 0 amide bonds. The first-order valence-corrected chi connectivity index (χ1v) is 7.90. The van der Waals surface area contributed by atoms with Crippen molar-refractivity contribution in [1.29, 1.82) is 0 Å². The summed E-state index contributed by atoms with van der Waals surface area (Å²) < 4.78 is 2.20. The molecular formula is C16H27N3.